The maximum absolute atomic E-state index is 10.6. The molecule has 0 fully saturated rings. The van der Waals surface area contributed by atoms with E-state index in [0.29, 0.717) is 11.8 Å². The van der Waals surface area contributed by atoms with E-state index >= 15 is 0 Å². The molecule has 2 N–H and O–H groups in total. The van der Waals surface area contributed by atoms with Gasteiger partial charge < -0.3 is 10.2 Å². The van der Waals surface area contributed by atoms with E-state index in [-0.39, 0.29) is 23.0 Å². The number of carbonyl (C=O) groups excluding carboxylic acids is 1. The zero-order valence-corrected chi connectivity index (χ0v) is 10.8. The monoisotopic (exact) mass is 246 g/mol. The van der Waals surface area contributed by atoms with E-state index in [4.69, 9.17) is 0 Å². The second-order valence-corrected chi connectivity index (χ2v) is 4.48. The average Bonchev–Trinajstić information content (AvgIpc) is 2.32. The van der Waals surface area contributed by atoms with Gasteiger partial charge in [0.1, 0.15) is 0 Å². The summed E-state index contributed by atoms with van der Waals surface area (Å²) in [4.78, 5) is 10.6. The number of rotatable bonds is 4. The van der Waals surface area contributed by atoms with Crippen molar-refractivity contribution in [3.8, 4) is 11.5 Å². The van der Waals surface area contributed by atoms with E-state index < -0.39 is 0 Å². The van der Waals surface area contributed by atoms with Gasteiger partial charge in [0.25, 0.3) is 0 Å². The summed E-state index contributed by atoms with van der Waals surface area (Å²) in [6.07, 6.45) is 6.31. The zero-order valence-electron chi connectivity index (χ0n) is 10.8. The predicted molar refractivity (Wildman–Crippen MR) is 72.1 cm³/mol. The van der Waals surface area contributed by atoms with Crippen LogP contribution in [0.3, 0.4) is 0 Å². The van der Waals surface area contributed by atoms with Gasteiger partial charge >= 0.3 is 0 Å². The van der Waals surface area contributed by atoms with Crippen LogP contribution in [0.2, 0.25) is 0 Å². The minimum Gasteiger partial charge on any atom is -0.504 e. The quantitative estimate of drug-likeness (QED) is 0.485. The molecule has 0 radical (unpaired) electrons. The molecule has 0 saturated carbocycles. The Morgan fingerprint density at radius 2 is 1.89 bits per heavy atom. The van der Waals surface area contributed by atoms with Crippen LogP contribution in [0.1, 0.15) is 42.6 Å². The highest BCUT2D eigenvalue weighted by atomic mass is 16.3. The van der Waals surface area contributed by atoms with Gasteiger partial charge in [-0.05, 0) is 19.9 Å². The van der Waals surface area contributed by atoms with Gasteiger partial charge in [-0.1, -0.05) is 36.8 Å². The van der Waals surface area contributed by atoms with E-state index in [1.54, 1.807) is 6.07 Å². The molecule has 0 aromatic heterocycles. The molecule has 0 aliphatic carbocycles. The van der Waals surface area contributed by atoms with Crippen LogP contribution in [0.5, 0.6) is 11.5 Å². The molecular weight excluding hydrogens is 228 g/mol. The Balaban J connectivity index is 3.04. The van der Waals surface area contributed by atoms with Crippen molar-refractivity contribution in [1.82, 2.24) is 0 Å². The number of allylic oxidation sites excluding steroid dienone is 4. The molecule has 3 heteroatoms. The number of phenolic OH excluding ortho intramolecular Hbond substituents is 2. The van der Waals surface area contributed by atoms with Gasteiger partial charge in [-0.15, -0.1) is 0 Å². The summed E-state index contributed by atoms with van der Waals surface area (Å²) in [5.74, 6) is -0.633. The van der Waals surface area contributed by atoms with Crippen molar-refractivity contribution in [3.05, 3.63) is 47.1 Å². The molecule has 0 spiro atoms. The molecular formula is C15H18O3. The molecule has 1 rings (SSSR count). The maximum Gasteiger partial charge on any atom is 0.168 e. The fourth-order valence-electron chi connectivity index (χ4n) is 1.59. The first-order valence-electron chi connectivity index (χ1n) is 5.79. The van der Waals surface area contributed by atoms with Gasteiger partial charge in [0, 0.05) is 11.5 Å². The lowest BCUT2D eigenvalue weighted by Crippen LogP contribution is -1.92. The first-order chi connectivity index (χ1) is 8.47. The third-order valence-electron chi connectivity index (χ3n) is 2.66. The van der Waals surface area contributed by atoms with Crippen molar-refractivity contribution < 1.29 is 15.0 Å². The molecule has 0 heterocycles. The predicted octanol–water partition coefficient (Wildman–Crippen LogP) is 3.54. The summed E-state index contributed by atoms with van der Waals surface area (Å²) >= 11 is 0. The first-order valence-corrected chi connectivity index (χ1v) is 5.79. The van der Waals surface area contributed by atoms with E-state index in [0.717, 1.165) is 0 Å². The Morgan fingerprint density at radius 1 is 1.22 bits per heavy atom. The summed E-state index contributed by atoms with van der Waals surface area (Å²) in [6, 6.07) is 3.15. The van der Waals surface area contributed by atoms with Crippen molar-refractivity contribution in [1.29, 1.82) is 0 Å². The van der Waals surface area contributed by atoms with Crippen LogP contribution in [0.25, 0.3) is 0 Å². The fourth-order valence-corrected chi connectivity index (χ4v) is 1.59. The molecule has 0 aliphatic heterocycles. The molecule has 96 valence electrons. The minimum absolute atomic E-state index is 0.0489. The maximum atomic E-state index is 10.6. The van der Waals surface area contributed by atoms with Crippen LogP contribution in [0.15, 0.2) is 35.9 Å². The Kier molecular flexibility index (Phi) is 4.72. The highest BCUT2D eigenvalue weighted by molar-refractivity contribution is 5.81. The molecule has 18 heavy (non-hydrogen) atoms. The molecule has 0 aliphatic rings. The van der Waals surface area contributed by atoms with Crippen LogP contribution in [0.4, 0.5) is 0 Å². The second-order valence-electron chi connectivity index (χ2n) is 4.48. The molecule has 0 bridgehead atoms. The fraction of sp³-hybridized carbons (Fsp3) is 0.267. The van der Waals surface area contributed by atoms with Crippen LogP contribution < -0.4 is 0 Å². The Hall–Kier alpha value is -2.03. The minimum atomic E-state index is -0.357. The zero-order chi connectivity index (χ0) is 13.7. The largest absolute Gasteiger partial charge is 0.504 e. The highest BCUT2D eigenvalue weighted by Crippen LogP contribution is 2.36. The van der Waals surface area contributed by atoms with Crippen LogP contribution in [-0.2, 0) is 0 Å². The Bertz CT molecular complexity index is 495. The lowest BCUT2D eigenvalue weighted by Gasteiger charge is -2.11. The van der Waals surface area contributed by atoms with E-state index in [1.165, 1.54) is 11.6 Å². The van der Waals surface area contributed by atoms with Crippen molar-refractivity contribution in [3.63, 3.8) is 0 Å². The van der Waals surface area contributed by atoms with Crippen LogP contribution in [-0.4, -0.2) is 16.5 Å². The summed E-state index contributed by atoms with van der Waals surface area (Å²) in [6.45, 7) is 5.90. The van der Waals surface area contributed by atoms with E-state index in [1.807, 2.05) is 39.0 Å². The standard InChI is InChI=1S/C15H18O3/c1-10(2)5-4-6-11(3)13-8-7-12(9-16)14(17)15(13)18/h4-9,11,17-18H,1-3H3/t11-/m1/s1. The van der Waals surface area contributed by atoms with Crippen LogP contribution in [0, 0.1) is 0 Å². The van der Waals surface area contributed by atoms with Crippen LogP contribution >= 0.6 is 0 Å². The molecule has 1 aromatic rings. The topological polar surface area (TPSA) is 57.5 Å². The summed E-state index contributed by atoms with van der Waals surface area (Å²) < 4.78 is 0. The van der Waals surface area contributed by atoms with Gasteiger partial charge in [0.15, 0.2) is 17.8 Å². The number of aromatic hydroxyl groups is 2. The molecule has 0 saturated heterocycles. The van der Waals surface area contributed by atoms with Crippen molar-refractivity contribution in [2.75, 3.05) is 0 Å². The smallest absolute Gasteiger partial charge is 0.168 e. The number of benzene rings is 1. The summed E-state index contributed by atoms with van der Waals surface area (Å²) in [7, 11) is 0. The lowest BCUT2D eigenvalue weighted by molar-refractivity contribution is 0.112. The van der Waals surface area contributed by atoms with Gasteiger partial charge in [-0.3, -0.25) is 4.79 Å². The van der Waals surface area contributed by atoms with Gasteiger partial charge in [0.2, 0.25) is 0 Å². The number of carbonyl (C=O) groups is 1. The molecule has 3 nitrogen and oxygen atoms in total. The number of hydrogen-bond acceptors (Lipinski definition) is 3. The number of phenols is 2. The van der Waals surface area contributed by atoms with Gasteiger partial charge in [-0.25, -0.2) is 0 Å². The Morgan fingerprint density at radius 3 is 2.44 bits per heavy atom. The number of hydrogen-bond donors (Lipinski definition) is 2. The average molecular weight is 246 g/mol. The van der Waals surface area contributed by atoms with Gasteiger partial charge in [-0.2, -0.15) is 0 Å². The third kappa shape index (κ3) is 3.23. The lowest BCUT2D eigenvalue weighted by atomic mass is 9.97. The number of aldehydes is 1. The van der Waals surface area contributed by atoms with Crippen molar-refractivity contribution in [2.45, 2.75) is 26.7 Å². The molecule has 1 atom stereocenters. The molecule has 0 amide bonds. The molecule has 1 aromatic carbocycles. The van der Waals surface area contributed by atoms with Crippen molar-refractivity contribution in [2.24, 2.45) is 0 Å². The second kappa shape index (κ2) is 6.05. The van der Waals surface area contributed by atoms with E-state index in [9.17, 15) is 15.0 Å². The highest BCUT2D eigenvalue weighted by Gasteiger charge is 2.14. The normalized spacial score (nSPS) is 12.4. The first kappa shape index (κ1) is 14.0. The molecule has 0 unspecified atom stereocenters. The van der Waals surface area contributed by atoms with Crippen molar-refractivity contribution >= 4 is 6.29 Å². The van der Waals surface area contributed by atoms with Gasteiger partial charge in [0.05, 0.1) is 5.56 Å². The third-order valence-corrected chi connectivity index (χ3v) is 2.66. The van der Waals surface area contributed by atoms with E-state index in [2.05, 4.69) is 0 Å². The SMILES string of the molecule is CC(C)=CC=C[C@@H](C)c1ccc(C=O)c(O)c1O. The summed E-state index contributed by atoms with van der Waals surface area (Å²) in [5, 5.41) is 19.5. The summed E-state index contributed by atoms with van der Waals surface area (Å²) in [5.41, 5.74) is 1.87. The Labute approximate surface area is 107 Å².